The molecule has 0 aliphatic carbocycles. The normalized spacial score (nSPS) is 13.7. The molecule has 0 heterocycles. The van der Waals surface area contributed by atoms with Crippen molar-refractivity contribution >= 4 is 43.6 Å². The Labute approximate surface area is 120 Å². The third kappa shape index (κ3) is 6.15. The maximum absolute atomic E-state index is 12.0. The van der Waals surface area contributed by atoms with Gasteiger partial charge in [0.2, 0.25) is 0 Å². The zero-order chi connectivity index (χ0) is 12.9. The molecule has 0 aliphatic rings. The Balaban J connectivity index is 2.54. The minimum atomic E-state index is -4.13. The molecule has 0 amide bonds. The fourth-order valence-corrected chi connectivity index (χ4v) is 3.16. The maximum Gasteiger partial charge on any atom is 0.441 e. The van der Waals surface area contributed by atoms with Gasteiger partial charge in [-0.15, -0.1) is 0 Å². The smallest absolute Gasteiger partial charge is 0.160 e. The number of rotatable bonds is 5. The molecule has 0 aromatic heterocycles. The summed E-state index contributed by atoms with van der Waals surface area (Å²) in [6.07, 6.45) is 0.506. The summed E-state index contributed by atoms with van der Waals surface area (Å²) < 4.78 is 37.0. The largest absolute Gasteiger partial charge is 0.441 e. The zero-order valence-electron chi connectivity index (χ0n) is 8.81. The van der Waals surface area contributed by atoms with Crippen molar-refractivity contribution in [1.82, 2.24) is 0 Å². The van der Waals surface area contributed by atoms with Crippen molar-refractivity contribution in [3.63, 3.8) is 0 Å². The summed E-state index contributed by atoms with van der Waals surface area (Å²) in [7, 11) is 0. The lowest BCUT2D eigenvalue weighted by Crippen LogP contribution is -2.06. The van der Waals surface area contributed by atoms with E-state index in [9.17, 15) is 13.2 Å². The van der Waals surface area contributed by atoms with E-state index >= 15 is 0 Å². The summed E-state index contributed by atoms with van der Waals surface area (Å²) in [5.74, 6) is 0.203. The van der Waals surface area contributed by atoms with Crippen LogP contribution in [0.25, 0.3) is 0 Å². The van der Waals surface area contributed by atoms with Gasteiger partial charge in [0.15, 0.2) is 0 Å². The van der Waals surface area contributed by atoms with Crippen LogP contribution in [0.1, 0.15) is 17.9 Å². The van der Waals surface area contributed by atoms with Gasteiger partial charge in [-0.3, -0.25) is 0 Å². The summed E-state index contributed by atoms with van der Waals surface area (Å²) in [5, 5.41) is 0.669. The van der Waals surface area contributed by atoms with Crippen molar-refractivity contribution in [1.29, 1.82) is 0 Å². The predicted octanol–water partition coefficient (Wildman–Crippen LogP) is 5.57. The minimum Gasteiger partial charge on any atom is -0.160 e. The molecule has 0 aliphatic heterocycles. The average molecular weight is 392 g/mol. The highest BCUT2D eigenvalue weighted by Crippen LogP contribution is 2.33. The van der Waals surface area contributed by atoms with Crippen molar-refractivity contribution in [2.75, 3.05) is 11.1 Å². The summed E-state index contributed by atoms with van der Waals surface area (Å²) in [6.45, 7) is 0. The molecule has 0 spiro atoms. The zero-order valence-corrected chi connectivity index (χ0v) is 12.8. The monoisotopic (exact) mass is 390 g/mol. The van der Waals surface area contributed by atoms with Gasteiger partial charge in [0.05, 0.1) is 0 Å². The van der Waals surface area contributed by atoms with Crippen LogP contribution in [-0.4, -0.2) is 16.6 Å². The highest BCUT2D eigenvalue weighted by atomic mass is 79.9. The van der Waals surface area contributed by atoms with E-state index in [-0.39, 0.29) is 23.4 Å². The third-order valence-electron chi connectivity index (χ3n) is 2.24. The third-order valence-corrected chi connectivity index (χ3v) is 4.28. The summed E-state index contributed by atoms with van der Waals surface area (Å²) >= 11 is 6.75. The molecule has 1 aromatic rings. The second-order valence-electron chi connectivity index (χ2n) is 3.49. The Morgan fingerprint density at radius 1 is 1.29 bits per heavy atom. The van der Waals surface area contributed by atoms with Gasteiger partial charge < -0.3 is 0 Å². The van der Waals surface area contributed by atoms with Crippen LogP contribution in [0.4, 0.5) is 13.2 Å². The van der Waals surface area contributed by atoms with E-state index in [1.165, 1.54) is 0 Å². The van der Waals surface area contributed by atoms with E-state index in [1.54, 1.807) is 0 Å². The maximum atomic E-state index is 12.0. The molecule has 1 aromatic carbocycles. The van der Waals surface area contributed by atoms with Crippen LogP contribution in [0.5, 0.6) is 0 Å². The molecule has 0 bridgehead atoms. The van der Waals surface area contributed by atoms with Gasteiger partial charge in [-0.25, -0.2) is 0 Å². The van der Waals surface area contributed by atoms with E-state index in [0.717, 1.165) is 10.0 Å². The molecule has 0 N–H and O–H groups in total. The lowest BCUT2D eigenvalue weighted by molar-refractivity contribution is -0.0328. The van der Waals surface area contributed by atoms with Crippen molar-refractivity contribution in [2.45, 2.75) is 17.8 Å². The lowest BCUT2D eigenvalue weighted by Gasteiger charge is -2.15. The molecule has 1 unspecified atom stereocenters. The molecule has 17 heavy (non-hydrogen) atoms. The molecular formula is C11H11Br2F3S. The van der Waals surface area contributed by atoms with Crippen molar-refractivity contribution in [3.05, 3.63) is 34.3 Å². The SMILES string of the molecule is FC(F)(F)SCCC(CBr)c1cccc(Br)c1. The molecule has 96 valence electrons. The van der Waals surface area contributed by atoms with Crippen LogP contribution in [0.3, 0.4) is 0 Å². The number of hydrogen-bond donors (Lipinski definition) is 0. The highest BCUT2D eigenvalue weighted by molar-refractivity contribution is 9.10. The summed E-state index contributed by atoms with van der Waals surface area (Å²) in [6, 6.07) is 7.68. The van der Waals surface area contributed by atoms with E-state index < -0.39 is 5.51 Å². The van der Waals surface area contributed by atoms with E-state index in [2.05, 4.69) is 31.9 Å². The van der Waals surface area contributed by atoms with Crippen LogP contribution in [0.15, 0.2) is 28.7 Å². The van der Waals surface area contributed by atoms with Crippen molar-refractivity contribution in [2.24, 2.45) is 0 Å². The first-order valence-electron chi connectivity index (χ1n) is 4.94. The Bertz CT molecular complexity index is 355. The Morgan fingerprint density at radius 2 is 2.00 bits per heavy atom. The quantitative estimate of drug-likeness (QED) is 0.591. The van der Waals surface area contributed by atoms with E-state index in [0.29, 0.717) is 11.8 Å². The van der Waals surface area contributed by atoms with E-state index in [1.807, 2.05) is 24.3 Å². The Hall–Kier alpha value is 0.320. The van der Waals surface area contributed by atoms with Crippen LogP contribution >= 0.6 is 43.6 Å². The first-order valence-corrected chi connectivity index (χ1v) is 7.84. The lowest BCUT2D eigenvalue weighted by atomic mass is 9.99. The Kier molecular flexibility index (Phi) is 6.37. The molecule has 0 saturated heterocycles. The fourth-order valence-electron chi connectivity index (χ4n) is 1.41. The number of hydrogen-bond acceptors (Lipinski definition) is 1. The molecule has 0 fully saturated rings. The predicted molar refractivity (Wildman–Crippen MR) is 73.8 cm³/mol. The Morgan fingerprint density at radius 3 is 2.53 bits per heavy atom. The molecule has 0 radical (unpaired) electrons. The summed E-state index contributed by atoms with van der Waals surface area (Å²) in [4.78, 5) is 0. The molecule has 0 nitrogen and oxygen atoms in total. The second kappa shape index (κ2) is 7.04. The molecule has 1 rings (SSSR count). The number of halogens is 5. The number of thioether (sulfide) groups is 1. The highest BCUT2D eigenvalue weighted by Gasteiger charge is 2.28. The molecular weight excluding hydrogens is 381 g/mol. The van der Waals surface area contributed by atoms with E-state index in [4.69, 9.17) is 0 Å². The van der Waals surface area contributed by atoms with Gasteiger partial charge in [-0.2, -0.15) is 13.2 Å². The van der Waals surface area contributed by atoms with Gasteiger partial charge >= 0.3 is 5.51 Å². The first-order chi connectivity index (χ1) is 7.92. The molecule has 0 saturated carbocycles. The minimum absolute atomic E-state index is 0.0436. The average Bonchev–Trinajstić information content (AvgIpc) is 2.23. The molecule has 1 atom stereocenters. The van der Waals surface area contributed by atoms with Crippen molar-refractivity contribution in [3.8, 4) is 0 Å². The second-order valence-corrected chi connectivity index (χ2v) is 6.21. The molecule has 6 heteroatoms. The first kappa shape index (κ1) is 15.4. The van der Waals surface area contributed by atoms with Gasteiger partial charge in [0, 0.05) is 15.6 Å². The van der Waals surface area contributed by atoms with Crippen molar-refractivity contribution < 1.29 is 13.2 Å². The topological polar surface area (TPSA) is 0 Å². The van der Waals surface area contributed by atoms with Crippen LogP contribution in [0, 0.1) is 0 Å². The van der Waals surface area contributed by atoms with Crippen LogP contribution in [0.2, 0.25) is 0 Å². The van der Waals surface area contributed by atoms with Gasteiger partial charge in [0.1, 0.15) is 0 Å². The number of alkyl halides is 4. The van der Waals surface area contributed by atoms with Gasteiger partial charge in [-0.05, 0) is 30.0 Å². The standard InChI is InChI=1S/C11H11Br2F3S/c12-7-9(4-5-17-11(14,15)16)8-2-1-3-10(13)6-8/h1-3,6,9H,4-5,7H2. The van der Waals surface area contributed by atoms with Gasteiger partial charge in [-0.1, -0.05) is 55.8 Å². The van der Waals surface area contributed by atoms with Crippen LogP contribution < -0.4 is 0 Å². The van der Waals surface area contributed by atoms with Gasteiger partial charge in [0.25, 0.3) is 0 Å². The fraction of sp³-hybridized carbons (Fsp3) is 0.455. The number of benzene rings is 1. The van der Waals surface area contributed by atoms with Crippen LogP contribution in [-0.2, 0) is 0 Å². The summed E-state index contributed by atoms with van der Waals surface area (Å²) in [5.41, 5.74) is -3.08.